The highest BCUT2D eigenvalue weighted by Gasteiger charge is 2.19. The van der Waals surface area contributed by atoms with E-state index >= 15 is 0 Å². The highest BCUT2D eigenvalue weighted by Crippen LogP contribution is 2.16. The van der Waals surface area contributed by atoms with Gasteiger partial charge in [0.25, 0.3) is 0 Å². The molecule has 0 spiro atoms. The quantitative estimate of drug-likeness (QED) is 0.795. The van der Waals surface area contributed by atoms with Crippen molar-refractivity contribution in [1.29, 1.82) is 0 Å². The molecule has 0 amide bonds. The Kier molecular flexibility index (Phi) is 3.22. The number of aryl methyl sites for hydroxylation is 1. The molecule has 1 fully saturated rings. The summed E-state index contributed by atoms with van der Waals surface area (Å²) in [5.41, 5.74) is 1.00. The number of hydrogen-bond acceptors (Lipinski definition) is 6. The molecule has 0 bridgehead atoms. The number of nitrogens with zero attached hydrogens (tertiary/aromatic N) is 6. The zero-order chi connectivity index (χ0) is 13.1. The predicted octanol–water partition coefficient (Wildman–Crippen LogP) is 0.902. The van der Waals surface area contributed by atoms with Crippen LogP contribution >= 0.6 is 0 Å². The van der Waals surface area contributed by atoms with Gasteiger partial charge in [-0.2, -0.15) is 0 Å². The highest BCUT2D eigenvalue weighted by molar-refractivity contribution is 5.43. The molecular formula is C13H16N6. The largest absolute Gasteiger partial charge is 0.353 e. The van der Waals surface area contributed by atoms with Crippen LogP contribution in [0, 0.1) is 6.92 Å². The van der Waals surface area contributed by atoms with Crippen molar-refractivity contribution in [2.75, 3.05) is 36.0 Å². The third-order valence-electron chi connectivity index (χ3n) is 3.27. The van der Waals surface area contributed by atoms with Crippen LogP contribution in [0.15, 0.2) is 31.0 Å². The first-order chi connectivity index (χ1) is 9.33. The second kappa shape index (κ2) is 5.17. The molecule has 98 valence electrons. The van der Waals surface area contributed by atoms with Crippen LogP contribution in [0.2, 0.25) is 0 Å². The minimum absolute atomic E-state index is 0.932. The molecule has 3 heterocycles. The molecule has 2 aromatic rings. The first-order valence-corrected chi connectivity index (χ1v) is 6.37. The maximum atomic E-state index is 4.33. The molecule has 0 unspecified atom stereocenters. The summed E-state index contributed by atoms with van der Waals surface area (Å²) in [6, 6.07) is 2.03. The summed E-state index contributed by atoms with van der Waals surface area (Å²) in [7, 11) is 0. The minimum atomic E-state index is 0.932. The van der Waals surface area contributed by atoms with Gasteiger partial charge < -0.3 is 9.80 Å². The lowest BCUT2D eigenvalue weighted by Crippen LogP contribution is -2.47. The Morgan fingerprint density at radius 1 is 0.895 bits per heavy atom. The summed E-state index contributed by atoms with van der Waals surface area (Å²) in [6.07, 6.45) is 6.86. The van der Waals surface area contributed by atoms with E-state index in [0.717, 1.165) is 43.5 Å². The van der Waals surface area contributed by atoms with Crippen molar-refractivity contribution < 1.29 is 0 Å². The van der Waals surface area contributed by atoms with Crippen LogP contribution in [0.5, 0.6) is 0 Å². The van der Waals surface area contributed by atoms with Gasteiger partial charge in [0.05, 0.1) is 6.20 Å². The van der Waals surface area contributed by atoms with Crippen molar-refractivity contribution in [2.45, 2.75) is 6.92 Å². The lowest BCUT2D eigenvalue weighted by molar-refractivity contribution is 0.639. The third kappa shape index (κ3) is 2.62. The van der Waals surface area contributed by atoms with Crippen LogP contribution in [-0.4, -0.2) is 46.1 Å². The molecule has 0 radical (unpaired) electrons. The van der Waals surface area contributed by atoms with E-state index in [1.54, 1.807) is 18.7 Å². The van der Waals surface area contributed by atoms with Gasteiger partial charge in [0.15, 0.2) is 0 Å². The zero-order valence-electron chi connectivity index (χ0n) is 10.9. The summed E-state index contributed by atoms with van der Waals surface area (Å²) in [6.45, 7) is 5.73. The average Bonchev–Trinajstić information content (AvgIpc) is 2.48. The van der Waals surface area contributed by atoms with Gasteiger partial charge in [-0.15, -0.1) is 0 Å². The van der Waals surface area contributed by atoms with E-state index in [0.29, 0.717) is 0 Å². The van der Waals surface area contributed by atoms with Gasteiger partial charge in [-0.3, -0.25) is 4.98 Å². The second-order valence-electron chi connectivity index (χ2n) is 4.56. The van der Waals surface area contributed by atoms with Crippen molar-refractivity contribution in [1.82, 2.24) is 19.9 Å². The van der Waals surface area contributed by atoms with E-state index in [-0.39, 0.29) is 0 Å². The van der Waals surface area contributed by atoms with Gasteiger partial charge >= 0.3 is 0 Å². The Bertz CT molecular complexity index is 536. The third-order valence-corrected chi connectivity index (χ3v) is 3.27. The molecule has 3 rings (SSSR count). The van der Waals surface area contributed by atoms with Crippen molar-refractivity contribution in [2.24, 2.45) is 0 Å². The molecule has 2 aromatic heterocycles. The Labute approximate surface area is 112 Å². The van der Waals surface area contributed by atoms with Crippen LogP contribution in [0.1, 0.15) is 5.69 Å². The molecule has 1 saturated heterocycles. The van der Waals surface area contributed by atoms with E-state index in [1.807, 2.05) is 19.2 Å². The number of anilines is 2. The number of aromatic nitrogens is 4. The monoisotopic (exact) mass is 256 g/mol. The summed E-state index contributed by atoms with van der Waals surface area (Å²) in [4.78, 5) is 21.4. The van der Waals surface area contributed by atoms with Gasteiger partial charge in [-0.25, -0.2) is 15.0 Å². The van der Waals surface area contributed by atoms with Crippen LogP contribution in [0.3, 0.4) is 0 Å². The molecule has 6 heteroatoms. The molecule has 1 aliphatic heterocycles. The van der Waals surface area contributed by atoms with E-state index in [2.05, 4.69) is 29.7 Å². The fourth-order valence-electron chi connectivity index (χ4n) is 2.23. The van der Waals surface area contributed by atoms with E-state index in [1.165, 1.54) is 0 Å². The van der Waals surface area contributed by atoms with Gasteiger partial charge in [0.1, 0.15) is 18.0 Å². The topological polar surface area (TPSA) is 58.0 Å². The predicted molar refractivity (Wildman–Crippen MR) is 73.2 cm³/mol. The normalized spacial score (nSPS) is 15.6. The maximum absolute atomic E-state index is 4.33. The molecule has 0 aliphatic carbocycles. The Morgan fingerprint density at radius 2 is 1.63 bits per heavy atom. The molecule has 19 heavy (non-hydrogen) atoms. The number of hydrogen-bond donors (Lipinski definition) is 0. The SMILES string of the molecule is Cc1cc(N2CCN(c3cnccn3)CC2)ncn1. The van der Waals surface area contributed by atoms with Gasteiger partial charge in [0, 0.05) is 50.3 Å². The number of piperazine rings is 1. The standard InChI is InChI=1S/C13H16N6/c1-11-8-12(17-10-16-11)18-4-6-19(7-5-18)13-9-14-2-3-15-13/h2-3,8-10H,4-7H2,1H3. The maximum Gasteiger partial charge on any atom is 0.147 e. The van der Waals surface area contributed by atoms with E-state index < -0.39 is 0 Å². The molecule has 0 N–H and O–H groups in total. The van der Waals surface area contributed by atoms with Crippen LogP contribution in [0.25, 0.3) is 0 Å². The molecular weight excluding hydrogens is 240 g/mol. The lowest BCUT2D eigenvalue weighted by Gasteiger charge is -2.35. The van der Waals surface area contributed by atoms with Crippen molar-refractivity contribution >= 4 is 11.6 Å². The summed E-state index contributed by atoms with van der Waals surface area (Å²) in [5, 5.41) is 0. The van der Waals surface area contributed by atoms with Crippen LogP contribution < -0.4 is 9.80 Å². The van der Waals surface area contributed by atoms with Crippen molar-refractivity contribution in [3.8, 4) is 0 Å². The fourth-order valence-corrected chi connectivity index (χ4v) is 2.23. The summed E-state index contributed by atoms with van der Waals surface area (Å²) in [5.74, 6) is 1.95. The van der Waals surface area contributed by atoms with Gasteiger partial charge in [0.2, 0.25) is 0 Å². The van der Waals surface area contributed by atoms with Crippen LogP contribution in [-0.2, 0) is 0 Å². The summed E-state index contributed by atoms with van der Waals surface area (Å²) < 4.78 is 0. The van der Waals surface area contributed by atoms with Crippen LogP contribution in [0.4, 0.5) is 11.6 Å². The summed E-state index contributed by atoms with van der Waals surface area (Å²) >= 11 is 0. The number of rotatable bonds is 2. The zero-order valence-corrected chi connectivity index (χ0v) is 10.9. The molecule has 0 aromatic carbocycles. The Morgan fingerprint density at radius 3 is 2.26 bits per heavy atom. The first kappa shape index (κ1) is 11.8. The first-order valence-electron chi connectivity index (χ1n) is 6.37. The van der Waals surface area contributed by atoms with Crippen molar-refractivity contribution in [3.05, 3.63) is 36.7 Å². The molecule has 6 nitrogen and oxygen atoms in total. The van der Waals surface area contributed by atoms with Crippen molar-refractivity contribution in [3.63, 3.8) is 0 Å². The average molecular weight is 256 g/mol. The van der Waals surface area contributed by atoms with Gasteiger partial charge in [-0.1, -0.05) is 0 Å². The lowest BCUT2D eigenvalue weighted by atomic mass is 10.3. The Hall–Kier alpha value is -2.24. The fraction of sp³-hybridized carbons (Fsp3) is 0.385. The minimum Gasteiger partial charge on any atom is -0.353 e. The second-order valence-corrected chi connectivity index (χ2v) is 4.56. The van der Waals surface area contributed by atoms with Gasteiger partial charge in [-0.05, 0) is 6.92 Å². The molecule has 0 atom stereocenters. The molecule has 1 aliphatic rings. The van der Waals surface area contributed by atoms with E-state index in [9.17, 15) is 0 Å². The van der Waals surface area contributed by atoms with E-state index in [4.69, 9.17) is 0 Å². The highest BCUT2D eigenvalue weighted by atomic mass is 15.3. The smallest absolute Gasteiger partial charge is 0.147 e. The molecule has 0 saturated carbocycles. The Balaban J connectivity index is 1.67.